The van der Waals surface area contributed by atoms with Crippen LogP contribution in [0.1, 0.15) is 25.3 Å². The Labute approximate surface area is 117 Å². The molecule has 1 saturated heterocycles. The van der Waals surface area contributed by atoms with E-state index in [1.165, 1.54) is 13.0 Å². The summed E-state index contributed by atoms with van der Waals surface area (Å²) in [6.07, 6.45) is 1.97. The van der Waals surface area contributed by atoms with Crippen LogP contribution < -0.4 is 0 Å². The van der Waals surface area contributed by atoms with Crippen LogP contribution in [0.25, 0.3) is 0 Å². The molecule has 0 aromatic heterocycles. The molecule has 110 valence electrons. The molecule has 1 aromatic carbocycles. The second-order valence-corrected chi connectivity index (χ2v) is 5.28. The molecule has 0 saturated carbocycles. The minimum atomic E-state index is -0.421. The minimum Gasteiger partial charge on any atom is -0.466 e. The van der Waals surface area contributed by atoms with E-state index in [0.29, 0.717) is 18.7 Å². The second kappa shape index (κ2) is 6.79. The Kier molecular flexibility index (Phi) is 5.06. The molecule has 0 amide bonds. The fraction of sp³-hybridized carbons (Fsp3) is 0.533. The number of hydrogen-bond donors (Lipinski definition) is 0. The molecule has 1 aromatic rings. The molecule has 1 atom stereocenters. The molecule has 1 aliphatic rings. The van der Waals surface area contributed by atoms with Crippen molar-refractivity contribution in [2.45, 2.75) is 26.3 Å². The third kappa shape index (κ3) is 4.27. The highest BCUT2D eigenvalue weighted by Gasteiger charge is 2.21. The van der Waals surface area contributed by atoms with Crippen molar-refractivity contribution < 1.29 is 18.3 Å². The van der Waals surface area contributed by atoms with Crippen LogP contribution in [-0.4, -0.2) is 30.6 Å². The number of ether oxygens (including phenoxy) is 1. The molecule has 0 spiro atoms. The summed E-state index contributed by atoms with van der Waals surface area (Å²) in [7, 11) is 0. The standard InChI is InChI=1S/C15H19F2NO2/c1-11(19)20-10-12-3-2-6-18(8-12)9-13-7-14(16)4-5-15(13)17/h4-5,7,12H,2-3,6,8-10H2,1H3. The van der Waals surface area contributed by atoms with Crippen molar-refractivity contribution in [1.82, 2.24) is 4.90 Å². The summed E-state index contributed by atoms with van der Waals surface area (Å²) in [5, 5.41) is 0. The quantitative estimate of drug-likeness (QED) is 0.796. The second-order valence-electron chi connectivity index (χ2n) is 5.28. The van der Waals surface area contributed by atoms with Gasteiger partial charge in [0.05, 0.1) is 6.61 Å². The smallest absolute Gasteiger partial charge is 0.302 e. The van der Waals surface area contributed by atoms with Crippen molar-refractivity contribution in [2.75, 3.05) is 19.7 Å². The van der Waals surface area contributed by atoms with Gasteiger partial charge < -0.3 is 4.74 Å². The SMILES string of the molecule is CC(=O)OCC1CCCN(Cc2cc(F)ccc2F)C1. The molecule has 1 aliphatic heterocycles. The van der Waals surface area contributed by atoms with Crippen molar-refractivity contribution in [3.63, 3.8) is 0 Å². The molecular weight excluding hydrogens is 264 g/mol. The predicted octanol–water partition coefficient (Wildman–Crippen LogP) is 2.74. The molecule has 0 aliphatic carbocycles. The monoisotopic (exact) mass is 283 g/mol. The van der Waals surface area contributed by atoms with E-state index in [0.717, 1.165) is 38.1 Å². The number of piperidine rings is 1. The van der Waals surface area contributed by atoms with E-state index in [-0.39, 0.29) is 17.7 Å². The molecular formula is C15H19F2NO2. The highest BCUT2D eigenvalue weighted by Crippen LogP contribution is 2.20. The molecule has 1 heterocycles. The number of benzene rings is 1. The van der Waals surface area contributed by atoms with Gasteiger partial charge >= 0.3 is 5.97 Å². The lowest BCUT2D eigenvalue weighted by Crippen LogP contribution is -2.37. The van der Waals surface area contributed by atoms with Crippen molar-refractivity contribution in [3.8, 4) is 0 Å². The van der Waals surface area contributed by atoms with Crippen molar-refractivity contribution >= 4 is 5.97 Å². The Balaban J connectivity index is 1.92. The maximum absolute atomic E-state index is 13.6. The molecule has 1 fully saturated rings. The molecule has 5 heteroatoms. The van der Waals surface area contributed by atoms with Gasteiger partial charge in [-0.2, -0.15) is 0 Å². The zero-order chi connectivity index (χ0) is 14.5. The third-order valence-electron chi connectivity index (χ3n) is 3.53. The van der Waals surface area contributed by atoms with Gasteiger partial charge in [-0.3, -0.25) is 9.69 Å². The van der Waals surface area contributed by atoms with Gasteiger partial charge in [0, 0.05) is 31.5 Å². The van der Waals surface area contributed by atoms with Gasteiger partial charge in [-0.15, -0.1) is 0 Å². The largest absolute Gasteiger partial charge is 0.466 e. The van der Waals surface area contributed by atoms with E-state index in [1.54, 1.807) is 0 Å². The maximum Gasteiger partial charge on any atom is 0.302 e. The number of esters is 1. The van der Waals surface area contributed by atoms with Crippen LogP contribution in [0.15, 0.2) is 18.2 Å². The number of carbonyl (C=O) groups excluding carboxylic acids is 1. The first-order valence-corrected chi connectivity index (χ1v) is 6.84. The third-order valence-corrected chi connectivity index (χ3v) is 3.53. The molecule has 1 unspecified atom stereocenters. The molecule has 20 heavy (non-hydrogen) atoms. The average Bonchev–Trinajstić information content (AvgIpc) is 2.41. The number of rotatable bonds is 4. The fourth-order valence-electron chi connectivity index (χ4n) is 2.57. The normalized spacial score (nSPS) is 19.9. The first-order chi connectivity index (χ1) is 9.54. The number of halogens is 2. The van der Waals surface area contributed by atoms with Crippen LogP contribution in [0.4, 0.5) is 8.78 Å². The fourth-order valence-corrected chi connectivity index (χ4v) is 2.57. The lowest BCUT2D eigenvalue weighted by atomic mass is 9.98. The van der Waals surface area contributed by atoms with E-state index >= 15 is 0 Å². The first kappa shape index (κ1) is 14.9. The number of carbonyl (C=O) groups is 1. The Hall–Kier alpha value is -1.49. The highest BCUT2D eigenvalue weighted by molar-refractivity contribution is 5.65. The summed E-state index contributed by atoms with van der Waals surface area (Å²) >= 11 is 0. The van der Waals surface area contributed by atoms with E-state index in [4.69, 9.17) is 4.74 Å². The van der Waals surface area contributed by atoms with Gasteiger partial charge in [0.15, 0.2) is 0 Å². The van der Waals surface area contributed by atoms with Gasteiger partial charge in [-0.25, -0.2) is 8.78 Å². The number of hydrogen-bond acceptors (Lipinski definition) is 3. The van der Waals surface area contributed by atoms with Crippen molar-refractivity contribution in [1.29, 1.82) is 0 Å². The van der Waals surface area contributed by atoms with Gasteiger partial charge in [0.2, 0.25) is 0 Å². The Morgan fingerprint density at radius 1 is 1.45 bits per heavy atom. The summed E-state index contributed by atoms with van der Waals surface area (Å²) in [4.78, 5) is 12.9. The van der Waals surface area contributed by atoms with Crippen LogP contribution in [-0.2, 0) is 16.1 Å². The maximum atomic E-state index is 13.6. The molecule has 0 radical (unpaired) electrons. The average molecular weight is 283 g/mol. The van der Waals surface area contributed by atoms with E-state index in [2.05, 4.69) is 4.90 Å². The van der Waals surface area contributed by atoms with Crippen LogP contribution in [0.3, 0.4) is 0 Å². The molecule has 3 nitrogen and oxygen atoms in total. The summed E-state index contributed by atoms with van der Waals surface area (Å²) in [6.45, 7) is 3.77. The summed E-state index contributed by atoms with van der Waals surface area (Å²) < 4.78 is 31.8. The molecule has 0 bridgehead atoms. The zero-order valence-electron chi connectivity index (χ0n) is 11.6. The van der Waals surface area contributed by atoms with Crippen LogP contribution in [0.5, 0.6) is 0 Å². The number of likely N-dealkylation sites (tertiary alicyclic amines) is 1. The van der Waals surface area contributed by atoms with Crippen LogP contribution >= 0.6 is 0 Å². The summed E-state index contributed by atoms with van der Waals surface area (Å²) in [5.74, 6) is -0.814. The Morgan fingerprint density at radius 3 is 3.00 bits per heavy atom. The minimum absolute atomic E-state index is 0.268. The summed E-state index contributed by atoms with van der Waals surface area (Å²) in [5.41, 5.74) is 0.373. The Morgan fingerprint density at radius 2 is 2.25 bits per heavy atom. The van der Waals surface area contributed by atoms with E-state index in [9.17, 15) is 13.6 Å². The molecule has 0 N–H and O–H groups in total. The zero-order valence-corrected chi connectivity index (χ0v) is 11.6. The van der Waals surface area contributed by atoms with Crippen molar-refractivity contribution in [3.05, 3.63) is 35.4 Å². The van der Waals surface area contributed by atoms with Gasteiger partial charge in [0.25, 0.3) is 0 Å². The van der Waals surface area contributed by atoms with Gasteiger partial charge in [-0.1, -0.05) is 0 Å². The first-order valence-electron chi connectivity index (χ1n) is 6.84. The summed E-state index contributed by atoms with van der Waals surface area (Å²) in [6, 6.07) is 3.52. The topological polar surface area (TPSA) is 29.5 Å². The Bertz CT molecular complexity index is 479. The highest BCUT2D eigenvalue weighted by atomic mass is 19.1. The molecule has 2 rings (SSSR count). The van der Waals surface area contributed by atoms with Crippen LogP contribution in [0, 0.1) is 17.6 Å². The van der Waals surface area contributed by atoms with Crippen LogP contribution in [0.2, 0.25) is 0 Å². The van der Waals surface area contributed by atoms with Gasteiger partial charge in [0.1, 0.15) is 11.6 Å². The lowest BCUT2D eigenvalue weighted by molar-refractivity contribution is -0.142. The number of nitrogens with zero attached hydrogens (tertiary/aromatic N) is 1. The van der Waals surface area contributed by atoms with Crippen molar-refractivity contribution in [2.24, 2.45) is 5.92 Å². The van der Waals surface area contributed by atoms with E-state index in [1.807, 2.05) is 0 Å². The van der Waals surface area contributed by atoms with Gasteiger partial charge in [-0.05, 0) is 37.6 Å². The predicted molar refractivity (Wildman–Crippen MR) is 71.0 cm³/mol. The van der Waals surface area contributed by atoms with E-state index < -0.39 is 5.82 Å². The lowest BCUT2D eigenvalue weighted by Gasteiger charge is -2.32.